The van der Waals surface area contributed by atoms with Crippen LogP contribution >= 0.6 is 11.8 Å². The maximum atomic E-state index is 9.94. The average molecular weight is 133 g/mol. The van der Waals surface area contributed by atoms with Gasteiger partial charge in [0.1, 0.15) is 6.67 Å². The molecule has 4 heteroatoms. The van der Waals surface area contributed by atoms with Crippen LogP contribution in [0.25, 0.3) is 0 Å². The molecule has 0 aromatic rings. The molecule has 0 aromatic carbocycles. The molecular weight excluding hydrogens is 128 g/mol. The molecule has 0 saturated heterocycles. The first-order valence-corrected chi connectivity index (χ1v) is 2.48. The Morgan fingerprint density at radius 1 is 1.62 bits per heavy atom. The zero-order valence-electron chi connectivity index (χ0n) is 4.12. The van der Waals surface area contributed by atoms with Crippen LogP contribution in [-0.4, -0.2) is 22.4 Å². The lowest BCUT2D eigenvalue weighted by Crippen LogP contribution is -2.17. The largest absolute Gasteiger partial charge is 0.301 e. The number of nitrogens with zero attached hydrogens (tertiary/aromatic N) is 2. The Bertz CT molecular complexity index is 125. The quantitative estimate of drug-likeness (QED) is 0.380. The summed E-state index contributed by atoms with van der Waals surface area (Å²) in [4.78, 5) is 11.4. The van der Waals surface area contributed by atoms with Crippen LogP contribution in [0.4, 0.5) is 0 Å². The van der Waals surface area contributed by atoms with Gasteiger partial charge in [0.2, 0.25) is 6.41 Å². The molecule has 0 bridgehead atoms. The summed E-state index contributed by atoms with van der Waals surface area (Å²) < 4.78 is 1.40. The predicted molar refractivity (Wildman–Crippen MR) is 29.6 cm³/mol. The van der Waals surface area contributed by atoms with Crippen LogP contribution in [0.15, 0.2) is 12.4 Å². The van der Waals surface area contributed by atoms with Crippen molar-refractivity contribution in [3.05, 3.63) is 12.4 Å². The molecule has 0 aromatic heterocycles. The van der Waals surface area contributed by atoms with E-state index in [2.05, 4.69) is 0 Å². The van der Waals surface area contributed by atoms with Gasteiger partial charge in [0.05, 0.1) is 0 Å². The van der Waals surface area contributed by atoms with Crippen molar-refractivity contribution in [1.29, 1.82) is 0 Å². The van der Waals surface area contributed by atoms with Gasteiger partial charge in [-0.05, 0) is 0 Å². The van der Waals surface area contributed by atoms with Crippen LogP contribution in [0.1, 0.15) is 0 Å². The van der Waals surface area contributed by atoms with Gasteiger partial charge < -0.3 is 4.90 Å². The van der Waals surface area contributed by atoms with Crippen LogP contribution in [-0.2, 0) is 4.79 Å². The highest BCUT2D eigenvalue weighted by atomic mass is 35.5. The Kier molecular flexibility index (Phi) is 1.39. The maximum absolute atomic E-state index is 9.94. The number of carbonyl (C=O) groups is 1. The van der Waals surface area contributed by atoms with E-state index in [9.17, 15) is 4.79 Å². The summed E-state index contributed by atoms with van der Waals surface area (Å²) in [5.41, 5.74) is 0. The molecule has 0 radical (unpaired) electrons. The van der Waals surface area contributed by atoms with Crippen molar-refractivity contribution in [3.63, 3.8) is 0 Å². The Hall–Kier alpha value is -0.700. The lowest BCUT2D eigenvalue weighted by atomic mass is 10.8. The van der Waals surface area contributed by atoms with Gasteiger partial charge in [0.25, 0.3) is 0 Å². The molecule has 44 valence electrons. The summed E-state index contributed by atoms with van der Waals surface area (Å²) in [6.45, 7) is 0.449. The van der Waals surface area contributed by atoms with Crippen molar-refractivity contribution in [1.82, 2.24) is 9.32 Å². The van der Waals surface area contributed by atoms with E-state index in [1.165, 1.54) is 9.32 Å². The van der Waals surface area contributed by atoms with E-state index >= 15 is 0 Å². The summed E-state index contributed by atoms with van der Waals surface area (Å²) in [6.07, 6.45) is 3.95. The van der Waals surface area contributed by atoms with E-state index in [1.54, 1.807) is 12.4 Å². The van der Waals surface area contributed by atoms with Gasteiger partial charge in [-0.1, -0.05) is 0 Å². The highest BCUT2D eigenvalue weighted by molar-refractivity contribution is 6.14. The lowest BCUT2D eigenvalue weighted by Gasteiger charge is -2.06. The average Bonchev–Trinajstić information content (AvgIpc) is 2.14. The third-order valence-electron chi connectivity index (χ3n) is 0.854. The lowest BCUT2D eigenvalue weighted by molar-refractivity contribution is -0.116. The minimum Gasteiger partial charge on any atom is -0.301 e. The Balaban J connectivity index is 2.45. The Morgan fingerprint density at radius 2 is 2.38 bits per heavy atom. The summed E-state index contributed by atoms with van der Waals surface area (Å²) >= 11 is 5.43. The van der Waals surface area contributed by atoms with E-state index in [1.807, 2.05) is 0 Å². The number of rotatable bonds is 1. The van der Waals surface area contributed by atoms with Gasteiger partial charge in [0, 0.05) is 24.2 Å². The van der Waals surface area contributed by atoms with Crippen molar-refractivity contribution in [2.24, 2.45) is 0 Å². The number of hydrogen-bond acceptors (Lipinski definition) is 2. The first-order chi connectivity index (χ1) is 3.83. The van der Waals surface area contributed by atoms with E-state index in [0.717, 1.165) is 6.41 Å². The zero-order chi connectivity index (χ0) is 5.98. The second kappa shape index (κ2) is 2.05. The van der Waals surface area contributed by atoms with Crippen LogP contribution in [0, 0.1) is 0 Å². The normalized spacial score (nSPS) is 17.6. The fourth-order valence-corrected chi connectivity index (χ4v) is 0.651. The van der Waals surface area contributed by atoms with E-state index < -0.39 is 0 Å². The zero-order valence-corrected chi connectivity index (χ0v) is 4.88. The fraction of sp³-hybridized carbons (Fsp3) is 0.250. The molecule has 1 heterocycles. The van der Waals surface area contributed by atoms with E-state index in [-0.39, 0.29) is 0 Å². The third kappa shape index (κ3) is 0.924. The van der Waals surface area contributed by atoms with Gasteiger partial charge in [-0.3, -0.25) is 9.21 Å². The van der Waals surface area contributed by atoms with Crippen LogP contribution in [0.3, 0.4) is 0 Å². The first kappa shape index (κ1) is 5.44. The molecular formula is C4H5ClN2O. The smallest absolute Gasteiger partial charge is 0.215 e. The molecule has 0 unspecified atom stereocenters. The van der Waals surface area contributed by atoms with Crippen LogP contribution in [0.5, 0.6) is 0 Å². The van der Waals surface area contributed by atoms with Crippen LogP contribution in [0.2, 0.25) is 0 Å². The summed E-state index contributed by atoms with van der Waals surface area (Å²) in [5.74, 6) is 0. The molecule has 0 saturated carbocycles. The highest BCUT2D eigenvalue weighted by Gasteiger charge is 2.06. The molecule has 0 spiro atoms. The van der Waals surface area contributed by atoms with Crippen molar-refractivity contribution in [2.75, 3.05) is 6.67 Å². The SMILES string of the molecule is O=CN1C=CN(Cl)C1. The minimum absolute atomic E-state index is 0.449. The highest BCUT2D eigenvalue weighted by Crippen LogP contribution is 2.05. The molecule has 0 fully saturated rings. The van der Waals surface area contributed by atoms with Gasteiger partial charge >= 0.3 is 0 Å². The van der Waals surface area contributed by atoms with Gasteiger partial charge in [-0.15, -0.1) is 0 Å². The first-order valence-electron chi connectivity index (χ1n) is 2.15. The Labute approximate surface area is 52.2 Å². The molecule has 1 aliphatic rings. The van der Waals surface area contributed by atoms with Crippen molar-refractivity contribution in [3.8, 4) is 0 Å². The number of halogens is 1. The van der Waals surface area contributed by atoms with Gasteiger partial charge in [-0.2, -0.15) is 0 Å². The predicted octanol–water partition coefficient (Wildman–Crippen LogP) is 0.343. The molecule has 8 heavy (non-hydrogen) atoms. The van der Waals surface area contributed by atoms with Gasteiger partial charge in [0.15, 0.2) is 0 Å². The van der Waals surface area contributed by atoms with Crippen molar-refractivity contribution >= 4 is 18.2 Å². The van der Waals surface area contributed by atoms with Gasteiger partial charge in [-0.25, -0.2) is 0 Å². The number of amides is 1. The van der Waals surface area contributed by atoms with Crippen molar-refractivity contribution in [2.45, 2.75) is 0 Å². The molecule has 1 rings (SSSR count). The second-order valence-electron chi connectivity index (χ2n) is 1.46. The monoisotopic (exact) mass is 132 g/mol. The topological polar surface area (TPSA) is 23.6 Å². The molecule has 1 aliphatic heterocycles. The standard InChI is InChI=1S/C4H5ClN2O/c5-7-2-1-6(3-7)4-8/h1-2,4H,3H2. The third-order valence-corrected chi connectivity index (χ3v) is 1.07. The molecule has 1 amide bonds. The molecule has 0 atom stereocenters. The maximum Gasteiger partial charge on any atom is 0.215 e. The minimum atomic E-state index is 0.449. The summed E-state index contributed by atoms with van der Waals surface area (Å²) in [7, 11) is 0. The molecule has 0 aliphatic carbocycles. The fourth-order valence-electron chi connectivity index (χ4n) is 0.477. The number of carbonyl (C=O) groups excluding carboxylic acids is 1. The van der Waals surface area contributed by atoms with Crippen molar-refractivity contribution < 1.29 is 4.79 Å². The summed E-state index contributed by atoms with van der Waals surface area (Å²) in [6, 6.07) is 0. The molecule has 0 N–H and O–H groups in total. The van der Waals surface area contributed by atoms with E-state index in [4.69, 9.17) is 11.8 Å². The summed E-state index contributed by atoms with van der Waals surface area (Å²) in [5, 5.41) is 0. The van der Waals surface area contributed by atoms with Crippen LogP contribution < -0.4 is 0 Å². The van der Waals surface area contributed by atoms with E-state index in [0.29, 0.717) is 6.67 Å². The number of hydrogen-bond donors (Lipinski definition) is 0. The molecule has 3 nitrogen and oxygen atoms in total. The Morgan fingerprint density at radius 3 is 2.62 bits per heavy atom. The second-order valence-corrected chi connectivity index (χ2v) is 1.89.